The molecule has 0 saturated carbocycles. The van der Waals surface area contributed by atoms with Crippen LogP contribution >= 0.6 is 0 Å². The fourth-order valence-corrected chi connectivity index (χ4v) is 1.48. The lowest BCUT2D eigenvalue weighted by molar-refractivity contribution is 0.600. The van der Waals surface area contributed by atoms with Gasteiger partial charge in [0.05, 0.1) is 5.69 Å². The fourth-order valence-electron chi connectivity index (χ4n) is 1.48. The van der Waals surface area contributed by atoms with Crippen LogP contribution in [-0.2, 0) is 0 Å². The molecule has 14 heavy (non-hydrogen) atoms. The summed E-state index contributed by atoms with van der Waals surface area (Å²) in [6, 6.07) is 4.79. The molecule has 2 nitrogen and oxygen atoms in total. The molecule has 2 N–H and O–H groups in total. The summed E-state index contributed by atoms with van der Waals surface area (Å²) in [4.78, 5) is 1.90. The van der Waals surface area contributed by atoms with Gasteiger partial charge < -0.3 is 10.6 Å². The van der Waals surface area contributed by atoms with E-state index in [0.717, 1.165) is 6.54 Å². The summed E-state index contributed by atoms with van der Waals surface area (Å²) in [6.45, 7) is 5.04. The minimum Gasteiger partial charge on any atom is -0.399 e. The van der Waals surface area contributed by atoms with E-state index < -0.39 is 0 Å². The summed E-state index contributed by atoms with van der Waals surface area (Å²) >= 11 is 0. The standard InChI is InChI=1S/C11H17FN2/c1-8(2)7-14(3)11-5-4-9(13)6-10(11)12/h4-6,8H,7,13H2,1-3H3. The Morgan fingerprint density at radius 1 is 1.43 bits per heavy atom. The Morgan fingerprint density at radius 3 is 2.57 bits per heavy atom. The first-order valence-electron chi connectivity index (χ1n) is 4.77. The SMILES string of the molecule is CC(C)CN(C)c1ccc(N)cc1F. The number of nitrogens with two attached hydrogens (primary N) is 1. The van der Waals surface area contributed by atoms with Crippen LogP contribution < -0.4 is 10.6 Å². The molecular weight excluding hydrogens is 179 g/mol. The van der Waals surface area contributed by atoms with Crippen molar-refractivity contribution in [2.24, 2.45) is 5.92 Å². The normalized spacial score (nSPS) is 10.6. The number of hydrogen-bond donors (Lipinski definition) is 1. The minimum absolute atomic E-state index is 0.256. The van der Waals surface area contributed by atoms with Crippen LogP contribution in [0.25, 0.3) is 0 Å². The van der Waals surface area contributed by atoms with Crippen molar-refractivity contribution in [1.82, 2.24) is 0 Å². The van der Waals surface area contributed by atoms with Gasteiger partial charge in [-0.25, -0.2) is 4.39 Å². The highest BCUT2D eigenvalue weighted by molar-refractivity contribution is 5.53. The molecule has 0 aliphatic rings. The van der Waals surface area contributed by atoms with E-state index in [1.54, 1.807) is 12.1 Å². The maximum atomic E-state index is 13.4. The van der Waals surface area contributed by atoms with Gasteiger partial charge >= 0.3 is 0 Å². The largest absolute Gasteiger partial charge is 0.399 e. The fraction of sp³-hybridized carbons (Fsp3) is 0.455. The van der Waals surface area contributed by atoms with Crippen LogP contribution in [0.15, 0.2) is 18.2 Å². The van der Waals surface area contributed by atoms with E-state index in [1.165, 1.54) is 6.07 Å². The molecule has 0 aliphatic carbocycles. The van der Waals surface area contributed by atoms with E-state index in [1.807, 2.05) is 11.9 Å². The first kappa shape index (κ1) is 10.8. The van der Waals surface area contributed by atoms with Crippen molar-refractivity contribution in [3.05, 3.63) is 24.0 Å². The third-order valence-corrected chi connectivity index (χ3v) is 2.02. The Labute approximate surface area is 84.5 Å². The van der Waals surface area contributed by atoms with Gasteiger partial charge in [-0.3, -0.25) is 0 Å². The van der Waals surface area contributed by atoms with Gasteiger partial charge in [-0.15, -0.1) is 0 Å². The summed E-state index contributed by atoms with van der Waals surface area (Å²) in [7, 11) is 1.88. The molecular formula is C11H17FN2. The molecule has 78 valence electrons. The lowest BCUT2D eigenvalue weighted by Crippen LogP contribution is -2.23. The first-order valence-corrected chi connectivity index (χ1v) is 4.77. The van der Waals surface area contributed by atoms with Crippen molar-refractivity contribution in [2.75, 3.05) is 24.2 Å². The maximum absolute atomic E-state index is 13.4. The molecule has 0 saturated heterocycles. The molecule has 1 rings (SSSR count). The molecule has 0 aliphatic heterocycles. The van der Waals surface area contributed by atoms with Crippen molar-refractivity contribution in [3.63, 3.8) is 0 Å². The number of nitrogen functional groups attached to an aromatic ring is 1. The molecule has 0 radical (unpaired) electrons. The second-order valence-electron chi connectivity index (χ2n) is 3.99. The lowest BCUT2D eigenvalue weighted by atomic mass is 10.2. The highest BCUT2D eigenvalue weighted by Gasteiger charge is 2.08. The summed E-state index contributed by atoms with van der Waals surface area (Å²) in [5.74, 6) is 0.255. The third kappa shape index (κ3) is 2.62. The van der Waals surface area contributed by atoms with Crippen LogP contribution in [0.4, 0.5) is 15.8 Å². The number of hydrogen-bond acceptors (Lipinski definition) is 2. The van der Waals surface area contributed by atoms with Crippen molar-refractivity contribution in [2.45, 2.75) is 13.8 Å². The number of halogens is 1. The zero-order valence-corrected chi connectivity index (χ0v) is 8.92. The van der Waals surface area contributed by atoms with Crippen LogP contribution in [0, 0.1) is 11.7 Å². The number of rotatable bonds is 3. The van der Waals surface area contributed by atoms with E-state index in [9.17, 15) is 4.39 Å². The Morgan fingerprint density at radius 2 is 2.07 bits per heavy atom. The topological polar surface area (TPSA) is 29.3 Å². The van der Waals surface area contributed by atoms with Crippen molar-refractivity contribution < 1.29 is 4.39 Å². The average Bonchev–Trinajstić information content (AvgIpc) is 2.01. The van der Waals surface area contributed by atoms with E-state index in [4.69, 9.17) is 5.73 Å². The molecule has 0 bridgehead atoms. The Bertz CT molecular complexity index is 310. The molecule has 0 unspecified atom stereocenters. The zero-order valence-electron chi connectivity index (χ0n) is 8.92. The number of nitrogens with zero attached hydrogens (tertiary/aromatic N) is 1. The predicted molar refractivity (Wildman–Crippen MR) is 58.9 cm³/mol. The summed E-state index contributed by atoms with van der Waals surface area (Å²) < 4.78 is 13.4. The molecule has 0 aromatic heterocycles. The highest BCUT2D eigenvalue weighted by atomic mass is 19.1. The van der Waals surface area contributed by atoms with Crippen LogP contribution in [0.5, 0.6) is 0 Å². The number of anilines is 2. The van der Waals surface area contributed by atoms with Crippen molar-refractivity contribution in [1.29, 1.82) is 0 Å². The van der Waals surface area contributed by atoms with E-state index >= 15 is 0 Å². The quantitative estimate of drug-likeness (QED) is 0.752. The van der Waals surface area contributed by atoms with Crippen LogP contribution in [0.3, 0.4) is 0 Å². The monoisotopic (exact) mass is 196 g/mol. The molecule has 0 fully saturated rings. The Balaban J connectivity index is 2.84. The van der Waals surface area contributed by atoms with Crippen molar-refractivity contribution >= 4 is 11.4 Å². The second kappa shape index (κ2) is 4.31. The van der Waals surface area contributed by atoms with Crippen molar-refractivity contribution in [3.8, 4) is 0 Å². The molecule has 0 atom stereocenters. The van der Waals surface area contributed by atoms with Gasteiger partial charge in [0.1, 0.15) is 5.82 Å². The Hall–Kier alpha value is -1.25. The van der Waals surface area contributed by atoms with Gasteiger partial charge in [-0.2, -0.15) is 0 Å². The molecule has 3 heteroatoms. The molecule has 0 spiro atoms. The first-order chi connectivity index (χ1) is 6.50. The van der Waals surface area contributed by atoms with Gasteiger partial charge in [-0.05, 0) is 24.1 Å². The van der Waals surface area contributed by atoms with Gasteiger partial charge in [0.25, 0.3) is 0 Å². The third-order valence-electron chi connectivity index (χ3n) is 2.02. The molecule has 0 amide bonds. The predicted octanol–water partition coefficient (Wildman–Crippen LogP) is 2.50. The minimum atomic E-state index is -0.256. The zero-order chi connectivity index (χ0) is 10.7. The van der Waals surface area contributed by atoms with Crippen LogP contribution in [0.2, 0.25) is 0 Å². The van der Waals surface area contributed by atoms with E-state index in [-0.39, 0.29) is 5.82 Å². The molecule has 1 aromatic carbocycles. The van der Waals surface area contributed by atoms with E-state index in [0.29, 0.717) is 17.3 Å². The molecule has 0 heterocycles. The van der Waals surface area contributed by atoms with Gasteiger partial charge in [-0.1, -0.05) is 13.8 Å². The van der Waals surface area contributed by atoms with Gasteiger partial charge in [0.2, 0.25) is 0 Å². The summed E-state index contributed by atoms with van der Waals surface area (Å²) in [6.07, 6.45) is 0. The maximum Gasteiger partial charge on any atom is 0.148 e. The van der Waals surface area contributed by atoms with Gasteiger partial charge in [0, 0.05) is 19.3 Å². The van der Waals surface area contributed by atoms with Crippen LogP contribution in [-0.4, -0.2) is 13.6 Å². The average molecular weight is 196 g/mol. The molecule has 1 aromatic rings. The Kier molecular flexibility index (Phi) is 3.33. The van der Waals surface area contributed by atoms with Gasteiger partial charge in [0.15, 0.2) is 0 Å². The summed E-state index contributed by atoms with van der Waals surface area (Å²) in [5, 5.41) is 0. The second-order valence-corrected chi connectivity index (χ2v) is 3.99. The lowest BCUT2D eigenvalue weighted by Gasteiger charge is -2.22. The summed E-state index contributed by atoms with van der Waals surface area (Å²) in [5.41, 5.74) is 6.54. The number of benzene rings is 1. The highest BCUT2D eigenvalue weighted by Crippen LogP contribution is 2.20. The smallest absolute Gasteiger partial charge is 0.148 e. The van der Waals surface area contributed by atoms with E-state index in [2.05, 4.69) is 13.8 Å². The van der Waals surface area contributed by atoms with Crippen LogP contribution in [0.1, 0.15) is 13.8 Å².